The normalized spacial score (nSPS) is 11.6. The number of hydrogen-bond acceptors (Lipinski definition) is 4. The van der Waals surface area contributed by atoms with Gasteiger partial charge < -0.3 is 10.1 Å². The second-order valence-electron chi connectivity index (χ2n) is 8.55. The molecule has 3 aromatic rings. The van der Waals surface area contributed by atoms with E-state index in [9.17, 15) is 13.2 Å². The van der Waals surface area contributed by atoms with Gasteiger partial charge in [-0.15, -0.1) is 0 Å². The standard InChI is InChI=1S/C25H28N2O4S/c1-25(2,3)19-10-14-21(15-11-19)27(32(4,29)30)18-24(28)26-20-12-16-23(17-13-20)31-22-8-6-5-7-9-22/h5-17H,18H2,1-4H3,(H,26,28). The first-order chi connectivity index (χ1) is 15.0. The Bertz CT molecular complexity index is 1150. The highest BCUT2D eigenvalue weighted by Crippen LogP contribution is 2.26. The van der Waals surface area contributed by atoms with E-state index in [1.165, 1.54) is 0 Å². The summed E-state index contributed by atoms with van der Waals surface area (Å²) in [7, 11) is -3.64. The fourth-order valence-electron chi connectivity index (χ4n) is 3.09. The quantitative estimate of drug-likeness (QED) is 0.536. The van der Waals surface area contributed by atoms with Gasteiger partial charge in [0.05, 0.1) is 11.9 Å². The number of sulfonamides is 1. The van der Waals surface area contributed by atoms with Crippen LogP contribution in [0.1, 0.15) is 26.3 Å². The summed E-state index contributed by atoms with van der Waals surface area (Å²) in [6, 6.07) is 23.5. The first kappa shape index (κ1) is 23.3. The minimum absolute atomic E-state index is 0.0534. The molecule has 168 valence electrons. The van der Waals surface area contributed by atoms with Crippen molar-refractivity contribution in [1.29, 1.82) is 0 Å². The lowest BCUT2D eigenvalue weighted by Gasteiger charge is -2.24. The smallest absolute Gasteiger partial charge is 0.245 e. The van der Waals surface area contributed by atoms with Crippen LogP contribution in [0.25, 0.3) is 0 Å². The molecule has 0 aliphatic rings. The summed E-state index contributed by atoms with van der Waals surface area (Å²) in [5.74, 6) is 0.906. The first-order valence-corrected chi connectivity index (χ1v) is 12.1. The molecule has 0 unspecified atom stereocenters. The van der Waals surface area contributed by atoms with Crippen LogP contribution in [0.4, 0.5) is 11.4 Å². The Kier molecular flexibility index (Phi) is 6.89. The number of nitrogens with zero attached hydrogens (tertiary/aromatic N) is 1. The summed E-state index contributed by atoms with van der Waals surface area (Å²) in [5.41, 5.74) is 2.02. The SMILES string of the molecule is CC(C)(C)c1ccc(N(CC(=O)Nc2ccc(Oc3ccccc3)cc2)S(C)(=O)=O)cc1. The van der Waals surface area contributed by atoms with Crippen molar-refractivity contribution >= 4 is 27.3 Å². The number of ether oxygens (including phenoxy) is 1. The van der Waals surface area contributed by atoms with Crippen molar-refractivity contribution in [3.8, 4) is 11.5 Å². The summed E-state index contributed by atoms with van der Waals surface area (Å²) in [4.78, 5) is 12.6. The van der Waals surface area contributed by atoms with Crippen molar-refractivity contribution in [3.05, 3.63) is 84.4 Å². The molecule has 3 rings (SSSR count). The molecule has 0 aromatic heterocycles. The predicted molar refractivity (Wildman–Crippen MR) is 129 cm³/mol. The van der Waals surface area contributed by atoms with Crippen molar-refractivity contribution in [2.45, 2.75) is 26.2 Å². The molecule has 0 radical (unpaired) electrons. The van der Waals surface area contributed by atoms with Crippen LogP contribution in [0.15, 0.2) is 78.9 Å². The van der Waals surface area contributed by atoms with Gasteiger partial charge in [0.1, 0.15) is 18.0 Å². The van der Waals surface area contributed by atoms with E-state index in [0.29, 0.717) is 22.9 Å². The number of amides is 1. The third-order valence-electron chi connectivity index (χ3n) is 4.83. The second kappa shape index (κ2) is 9.44. The Morgan fingerprint density at radius 1 is 0.875 bits per heavy atom. The molecule has 0 fully saturated rings. The molecule has 0 bridgehead atoms. The van der Waals surface area contributed by atoms with E-state index in [2.05, 4.69) is 26.1 Å². The van der Waals surface area contributed by atoms with Crippen LogP contribution in [-0.2, 0) is 20.2 Å². The highest BCUT2D eigenvalue weighted by atomic mass is 32.2. The van der Waals surface area contributed by atoms with Gasteiger partial charge in [0, 0.05) is 5.69 Å². The zero-order valence-corrected chi connectivity index (χ0v) is 19.5. The van der Waals surface area contributed by atoms with Crippen molar-refractivity contribution in [1.82, 2.24) is 0 Å². The van der Waals surface area contributed by atoms with Crippen molar-refractivity contribution < 1.29 is 17.9 Å². The number of carbonyl (C=O) groups excluding carboxylic acids is 1. The summed E-state index contributed by atoms with van der Waals surface area (Å²) in [6.45, 7) is 5.93. The zero-order valence-electron chi connectivity index (χ0n) is 18.7. The van der Waals surface area contributed by atoms with Gasteiger partial charge in [-0.05, 0) is 59.5 Å². The molecular weight excluding hydrogens is 424 g/mol. The van der Waals surface area contributed by atoms with Gasteiger partial charge in [0.25, 0.3) is 0 Å². The number of nitrogens with one attached hydrogen (secondary N) is 1. The molecule has 6 nitrogen and oxygen atoms in total. The molecule has 0 atom stereocenters. The average molecular weight is 453 g/mol. The largest absolute Gasteiger partial charge is 0.457 e. The highest BCUT2D eigenvalue weighted by molar-refractivity contribution is 7.92. The molecule has 0 aliphatic heterocycles. The molecule has 0 aliphatic carbocycles. The maximum Gasteiger partial charge on any atom is 0.245 e. The van der Waals surface area contributed by atoms with Crippen LogP contribution in [0.3, 0.4) is 0 Å². The Labute approximate surface area is 189 Å². The summed E-state index contributed by atoms with van der Waals surface area (Å²) >= 11 is 0. The summed E-state index contributed by atoms with van der Waals surface area (Å²) in [5, 5.41) is 2.74. The van der Waals surface area contributed by atoms with Crippen LogP contribution in [0, 0.1) is 0 Å². The van der Waals surface area contributed by atoms with Crippen LogP contribution < -0.4 is 14.4 Å². The van der Waals surface area contributed by atoms with Crippen molar-refractivity contribution in [3.63, 3.8) is 0 Å². The van der Waals surface area contributed by atoms with Gasteiger partial charge in [-0.2, -0.15) is 0 Å². The van der Waals surface area contributed by atoms with Gasteiger partial charge in [-0.3, -0.25) is 9.10 Å². The lowest BCUT2D eigenvalue weighted by Crippen LogP contribution is -2.37. The zero-order chi connectivity index (χ0) is 23.4. The number of para-hydroxylation sites is 1. The van der Waals surface area contributed by atoms with E-state index in [0.717, 1.165) is 16.1 Å². The van der Waals surface area contributed by atoms with Gasteiger partial charge in [-0.25, -0.2) is 8.42 Å². The molecule has 1 amide bonds. The molecule has 0 saturated heterocycles. The third kappa shape index (κ3) is 6.34. The fourth-order valence-corrected chi connectivity index (χ4v) is 3.95. The maximum absolute atomic E-state index is 12.6. The van der Waals surface area contributed by atoms with Crippen molar-refractivity contribution in [2.24, 2.45) is 0 Å². The second-order valence-corrected chi connectivity index (χ2v) is 10.5. The monoisotopic (exact) mass is 452 g/mol. The molecule has 32 heavy (non-hydrogen) atoms. The molecule has 1 N–H and O–H groups in total. The van der Waals surface area contributed by atoms with E-state index in [-0.39, 0.29) is 12.0 Å². The van der Waals surface area contributed by atoms with Crippen LogP contribution in [-0.4, -0.2) is 27.1 Å². The summed E-state index contributed by atoms with van der Waals surface area (Å²) in [6.07, 6.45) is 1.09. The van der Waals surface area contributed by atoms with Gasteiger partial charge in [0.2, 0.25) is 15.9 Å². The highest BCUT2D eigenvalue weighted by Gasteiger charge is 2.22. The Hall–Kier alpha value is -3.32. The van der Waals surface area contributed by atoms with E-state index < -0.39 is 15.9 Å². The third-order valence-corrected chi connectivity index (χ3v) is 5.97. The predicted octanol–water partition coefficient (Wildman–Crippen LogP) is 5.18. The van der Waals surface area contributed by atoms with Crippen LogP contribution in [0.5, 0.6) is 11.5 Å². The number of carbonyl (C=O) groups is 1. The van der Waals surface area contributed by atoms with Crippen LogP contribution in [0.2, 0.25) is 0 Å². The Morgan fingerprint density at radius 2 is 1.44 bits per heavy atom. The fraction of sp³-hybridized carbons (Fsp3) is 0.240. The van der Waals surface area contributed by atoms with E-state index in [4.69, 9.17) is 4.74 Å². The van der Waals surface area contributed by atoms with Crippen molar-refractivity contribution in [2.75, 3.05) is 22.4 Å². The summed E-state index contributed by atoms with van der Waals surface area (Å²) < 4.78 is 31.5. The molecular formula is C25H28N2O4S. The first-order valence-electron chi connectivity index (χ1n) is 10.2. The topological polar surface area (TPSA) is 75.7 Å². The number of rotatable bonds is 7. The Morgan fingerprint density at radius 3 is 1.97 bits per heavy atom. The van der Waals surface area contributed by atoms with E-state index >= 15 is 0 Å². The van der Waals surface area contributed by atoms with Gasteiger partial charge >= 0.3 is 0 Å². The molecule has 0 saturated carbocycles. The number of benzene rings is 3. The van der Waals surface area contributed by atoms with Gasteiger partial charge in [-0.1, -0.05) is 51.1 Å². The number of anilines is 2. The lowest BCUT2D eigenvalue weighted by atomic mass is 9.87. The molecule has 0 spiro atoms. The van der Waals surface area contributed by atoms with Crippen LogP contribution >= 0.6 is 0 Å². The van der Waals surface area contributed by atoms with E-state index in [1.54, 1.807) is 36.4 Å². The lowest BCUT2D eigenvalue weighted by molar-refractivity contribution is -0.114. The maximum atomic E-state index is 12.6. The Balaban J connectivity index is 1.68. The molecule has 3 aromatic carbocycles. The molecule has 7 heteroatoms. The number of hydrogen-bond donors (Lipinski definition) is 1. The van der Waals surface area contributed by atoms with Gasteiger partial charge in [0.15, 0.2) is 0 Å². The van der Waals surface area contributed by atoms with E-state index in [1.807, 2.05) is 42.5 Å². The molecule has 0 heterocycles. The minimum atomic E-state index is -3.64. The minimum Gasteiger partial charge on any atom is -0.457 e. The average Bonchev–Trinajstić information content (AvgIpc) is 2.73.